The molecule has 0 heterocycles. The van der Waals surface area contributed by atoms with Crippen LogP contribution < -0.4 is 0 Å². The average molecular weight is 114 g/mol. The monoisotopic (exact) mass is 114 g/mol. The molecular formula is C7H14O. The van der Waals surface area contributed by atoms with Crippen molar-refractivity contribution < 1.29 is 5.11 Å². The first-order valence-electron chi connectivity index (χ1n) is 2.96. The summed E-state index contributed by atoms with van der Waals surface area (Å²) >= 11 is 0. The topological polar surface area (TPSA) is 20.2 Å². The quantitative estimate of drug-likeness (QED) is 0.547. The van der Waals surface area contributed by atoms with Gasteiger partial charge in [-0.3, -0.25) is 0 Å². The summed E-state index contributed by atoms with van der Waals surface area (Å²) in [5.74, 6) is 0.651. The van der Waals surface area contributed by atoms with E-state index in [0.717, 1.165) is 12.0 Å². The molecule has 48 valence electrons. The molecule has 1 nitrogen and oxygen atoms in total. The minimum atomic E-state index is 0.651. The van der Waals surface area contributed by atoms with Crippen LogP contribution in [0.4, 0.5) is 0 Å². The predicted molar refractivity (Wildman–Crippen MR) is 35.8 cm³/mol. The smallest absolute Gasteiger partial charge is 0.0780 e. The highest BCUT2D eigenvalue weighted by Crippen LogP contribution is 2.07. The molecule has 0 aromatic heterocycles. The molecule has 0 rings (SSSR count). The van der Waals surface area contributed by atoms with E-state index in [9.17, 15) is 0 Å². The van der Waals surface area contributed by atoms with Gasteiger partial charge in [-0.15, -0.1) is 0 Å². The second-order valence-corrected chi connectivity index (χ2v) is 2.57. The van der Waals surface area contributed by atoms with Crippen molar-refractivity contribution in [1.82, 2.24) is 0 Å². The Kier molecular flexibility index (Phi) is 3.33. The van der Waals surface area contributed by atoms with Crippen LogP contribution >= 0.6 is 0 Å². The molecule has 0 spiro atoms. The third-order valence-corrected chi connectivity index (χ3v) is 0.951. The van der Waals surface area contributed by atoms with E-state index in [2.05, 4.69) is 13.8 Å². The molecule has 0 aromatic rings. The molecule has 0 amide bonds. The molecule has 0 unspecified atom stereocenters. The Bertz CT molecular complexity index is 82.4. The Balaban J connectivity index is 3.39. The van der Waals surface area contributed by atoms with Gasteiger partial charge in [0.05, 0.1) is 6.26 Å². The lowest BCUT2D eigenvalue weighted by Gasteiger charge is -2.00. The second-order valence-electron chi connectivity index (χ2n) is 2.57. The van der Waals surface area contributed by atoms with Crippen LogP contribution in [0, 0.1) is 5.92 Å². The molecule has 0 aliphatic carbocycles. The lowest BCUT2D eigenvalue weighted by molar-refractivity contribution is 0.459. The van der Waals surface area contributed by atoms with Gasteiger partial charge in [-0.05, 0) is 24.8 Å². The van der Waals surface area contributed by atoms with Crippen molar-refractivity contribution >= 4 is 0 Å². The minimum Gasteiger partial charge on any atom is -0.516 e. The maximum absolute atomic E-state index is 8.42. The standard InChI is InChI=1S/C7H14O/c1-6(2)4-7(3)5-8/h5-6,8H,4H2,1-3H3/b7-5-. The van der Waals surface area contributed by atoms with E-state index in [1.54, 1.807) is 0 Å². The highest BCUT2D eigenvalue weighted by atomic mass is 16.2. The fraction of sp³-hybridized carbons (Fsp3) is 0.714. The number of rotatable bonds is 2. The van der Waals surface area contributed by atoms with Crippen LogP contribution in [0.3, 0.4) is 0 Å². The molecule has 0 atom stereocenters. The molecule has 8 heavy (non-hydrogen) atoms. The molecular weight excluding hydrogens is 100 g/mol. The van der Waals surface area contributed by atoms with Gasteiger partial charge >= 0.3 is 0 Å². The van der Waals surface area contributed by atoms with Crippen LogP contribution in [-0.4, -0.2) is 5.11 Å². The van der Waals surface area contributed by atoms with Gasteiger partial charge < -0.3 is 5.11 Å². The lowest BCUT2D eigenvalue weighted by atomic mass is 10.1. The first-order chi connectivity index (χ1) is 3.66. The van der Waals surface area contributed by atoms with Crippen LogP contribution in [-0.2, 0) is 0 Å². The number of hydrogen-bond donors (Lipinski definition) is 1. The summed E-state index contributed by atoms with van der Waals surface area (Å²) in [5, 5.41) is 8.42. The van der Waals surface area contributed by atoms with Crippen molar-refractivity contribution in [2.24, 2.45) is 5.92 Å². The number of aliphatic hydroxyl groups excluding tert-OH is 1. The molecule has 0 radical (unpaired) electrons. The Labute approximate surface area is 51.0 Å². The van der Waals surface area contributed by atoms with Crippen molar-refractivity contribution in [3.8, 4) is 0 Å². The first kappa shape index (κ1) is 7.54. The average Bonchev–Trinajstić information content (AvgIpc) is 1.65. The Morgan fingerprint density at radius 2 is 2.12 bits per heavy atom. The van der Waals surface area contributed by atoms with E-state index in [1.165, 1.54) is 6.26 Å². The second kappa shape index (κ2) is 3.53. The van der Waals surface area contributed by atoms with E-state index >= 15 is 0 Å². The largest absolute Gasteiger partial charge is 0.516 e. The van der Waals surface area contributed by atoms with Gasteiger partial charge in [0.25, 0.3) is 0 Å². The van der Waals surface area contributed by atoms with Gasteiger partial charge in [-0.25, -0.2) is 0 Å². The molecule has 0 saturated heterocycles. The summed E-state index contributed by atoms with van der Waals surface area (Å²) in [5.41, 5.74) is 1.06. The number of hydrogen-bond acceptors (Lipinski definition) is 1. The van der Waals surface area contributed by atoms with Crippen LogP contribution in [0.25, 0.3) is 0 Å². The summed E-state index contributed by atoms with van der Waals surface area (Å²) in [4.78, 5) is 0. The highest BCUT2D eigenvalue weighted by molar-refractivity contribution is 4.92. The van der Waals surface area contributed by atoms with Gasteiger partial charge in [0.15, 0.2) is 0 Å². The minimum absolute atomic E-state index is 0.651. The zero-order chi connectivity index (χ0) is 6.57. The molecule has 1 heteroatoms. The molecule has 1 N–H and O–H groups in total. The molecule has 0 aromatic carbocycles. The Morgan fingerprint density at radius 1 is 1.62 bits per heavy atom. The molecule has 0 fully saturated rings. The zero-order valence-corrected chi connectivity index (χ0v) is 5.81. The van der Waals surface area contributed by atoms with Crippen LogP contribution in [0.15, 0.2) is 11.8 Å². The van der Waals surface area contributed by atoms with E-state index in [4.69, 9.17) is 5.11 Å². The Hall–Kier alpha value is -0.460. The highest BCUT2D eigenvalue weighted by Gasteiger charge is 1.93. The maximum atomic E-state index is 8.42. The normalized spacial score (nSPS) is 12.8. The van der Waals surface area contributed by atoms with Gasteiger partial charge in [-0.2, -0.15) is 0 Å². The van der Waals surface area contributed by atoms with Gasteiger partial charge in [0, 0.05) is 0 Å². The summed E-state index contributed by atoms with van der Waals surface area (Å²) < 4.78 is 0. The van der Waals surface area contributed by atoms with E-state index in [-0.39, 0.29) is 0 Å². The van der Waals surface area contributed by atoms with Gasteiger partial charge in [0.2, 0.25) is 0 Å². The van der Waals surface area contributed by atoms with Crippen LogP contribution in [0.2, 0.25) is 0 Å². The Morgan fingerprint density at radius 3 is 2.25 bits per heavy atom. The molecule has 0 bridgehead atoms. The fourth-order valence-corrected chi connectivity index (χ4v) is 0.697. The van der Waals surface area contributed by atoms with Gasteiger partial charge in [-0.1, -0.05) is 13.8 Å². The summed E-state index contributed by atoms with van der Waals surface area (Å²) in [7, 11) is 0. The third kappa shape index (κ3) is 3.72. The molecule has 0 aliphatic rings. The fourth-order valence-electron chi connectivity index (χ4n) is 0.697. The maximum Gasteiger partial charge on any atom is 0.0780 e. The van der Waals surface area contributed by atoms with Crippen molar-refractivity contribution in [2.75, 3.05) is 0 Å². The molecule has 0 saturated carbocycles. The van der Waals surface area contributed by atoms with E-state index < -0.39 is 0 Å². The van der Waals surface area contributed by atoms with E-state index in [1.807, 2.05) is 6.92 Å². The predicted octanol–water partition coefficient (Wildman–Crippen LogP) is 2.49. The summed E-state index contributed by atoms with van der Waals surface area (Å²) in [6, 6.07) is 0. The van der Waals surface area contributed by atoms with E-state index in [0.29, 0.717) is 5.92 Å². The van der Waals surface area contributed by atoms with Crippen molar-refractivity contribution in [3.63, 3.8) is 0 Å². The van der Waals surface area contributed by atoms with Crippen molar-refractivity contribution in [3.05, 3.63) is 11.8 Å². The zero-order valence-electron chi connectivity index (χ0n) is 5.81. The van der Waals surface area contributed by atoms with Crippen LogP contribution in [0.5, 0.6) is 0 Å². The lowest BCUT2D eigenvalue weighted by Crippen LogP contribution is -1.86. The summed E-state index contributed by atoms with van der Waals surface area (Å²) in [6.07, 6.45) is 2.18. The van der Waals surface area contributed by atoms with Gasteiger partial charge in [0.1, 0.15) is 0 Å². The van der Waals surface area contributed by atoms with Crippen LogP contribution in [0.1, 0.15) is 27.2 Å². The number of allylic oxidation sites excluding steroid dienone is 1. The van der Waals surface area contributed by atoms with Crippen molar-refractivity contribution in [1.29, 1.82) is 0 Å². The van der Waals surface area contributed by atoms with Crippen molar-refractivity contribution in [2.45, 2.75) is 27.2 Å². The molecule has 0 aliphatic heterocycles. The number of aliphatic hydroxyl groups is 1. The third-order valence-electron chi connectivity index (χ3n) is 0.951. The first-order valence-corrected chi connectivity index (χ1v) is 2.96. The summed E-state index contributed by atoms with van der Waals surface area (Å²) in [6.45, 7) is 6.19. The SMILES string of the molecule is C/C(=C/O)CC(C)C.